The quantitative estimate of drug-likeness (QED) is 0.830. The van der Waals surface area contributed by atoms with Gasteiger partial charge >= 0.3 is 0 Å². The van der Waals surface area contributed by atoms with Crippen molar-refractivity contribution in [1.82, 2.24) is 0 Å². The van der Waals surface area contributed by atoms with Gasteiger partial charge in [-0.15, -0.1) is 0 Å². The Morgan fingerprint density at radius 2 is 2.05 bits per heavy atom. The minimum absolute atomic E-state index is 0.454. The smallest absolute Gasteiger partial charge is 0.105 e. The minimum atomic E-state index is 0.454. The second kappa shape index (κ2) is 5.41. The molecule has 0 bridgehead atoms. The molecule has 2 aliphatic rings. The minimum Gasteiger partial charge on any atom is -0.389 e. The van der Waals surface area contributed by atoms with Gasteiger partial charge in [0.1, 0.15) is 4.99 Å². The molecule has 1 saturated carbocycles. The van der Waals surface area contributed by atoms with E-state index in [1.54, 1.807) is 0 Å². The molecule has 0 spiro atoms. The zero-order valence-corrected chi connectivity index (χ0v) is 13.3. The molecule has 3 rings (SSSR count). The third-order valence-electron chi connectivity index (χ3n) is 4.54. The highest BCUT2D eigenvalue weighted by Crippen LogP contribution is 2.39. The maximum atomic E-state index is 5.72. The SMILES string of the molecule is NC(=S)c1ccc(N2CCCC3CCCC32)cc1Br. The van der Waals surface area contributed by atoms with Crippen molar-refractivity contribution in [2.24, 2.45) is 11.7 Å². The Morgan fingerprint density at radius 3 is 2.79 bits per heavy atom. The molecule has 1 aliphatic heterocycles. The highest BCUT2D eigenvalue weighted by Gasteiger charge is 2.35. The maximum absolute atomic E-state index is 5.72. The number of nitrogens with two attached hydrogens (primary N) is 1. The fourth-order valence-corrected chi connectivity index (χ4v) is 4.55. The van der Waals surface area contributed by atoms with Gasteiger partial charge in [0, 0.05) is 28.3 Å². The molecule has 4 heteroatoms. The number of hydrogen-bond acceptors (Lipinski definition) is 2. The molecule has 2 atom stereocenters. The summed E-state index contributed by atoms with van der Waals surface area (Å²) in [5.41, 5.74) is 7.95. The van der Waals surface area contributed by atoms with Crippen LogP contribution in [-0.2, 0) is 0 Å². The van der Waals surface area contributed by atoms with Crippen molar-refractivity contribution in [2.45, 2.75) is 38.1 Å². The van der Waals surface area contributed by atoms with Gasteiger partial charge in [-0.2, -0.15) is 0 Å². The van der Waals surface area contributed by atoms with E-state index in [0.717, 1.165) is 22.0 Å². The lowest BCUT2D eigenvalue weighted by atomic mass is 9.91. The molecule has 102 valence electrons. The number of rotatable bonds is 2. The van der Waals surface area contributed by atoms with Gasteiger partial charge in [0.25, 0.3) is 0 Å². The first-order chi connectivity index (χ1) is 9.16. The van der Waals surface area contributed by atoms with Crippen LogP contribution < -0.4 is 10.6 Å². The van der Waals surface area contributed by atoms with E-state index in [0.29, 0.717) is 4.99 Å². The van der Waals surface area contributed by atoms with Crippen LogP contribution in [0.5, 0.6) is 0 Å². The molecular weight excluding hydrogens is 320 g/mol. The molecule has 19 heavy (non-hydrogen) atoms. The summed E-state index contributed by atoms with van der Waals surface area (Å²) in [7, 11) is 0. The molecule has 1 saturated heterocycles. The standard InChI is InChI=1S/C15H19BrN2S/c16-13-9-11(6-7-12(13)15(17)19)18-8-2-4-10-3-1-5-14(10)18/h6-7,9-10,14H,1-5,8H2,(H2,17,19). The number of nitrogens with zero attached hydrogens (tertiary/aromatic N) is 1. The van der Waals surface area contributed by atoms with E-state index in [4.69, 9.17) is 18.0 Å². The van der Waals surface area contributed by atoms with E-state index in [1.807, 2.05) is 6.07 Å². The summed E-state index contributed by atoms with van der Waals surface area (Å²) in [4.78, 5) is 3.05. The van der Waals surface area contributed by atoms with Crippen LogP contribution in [0.2, 0.25) is 0 Å². The predicted molar refractivity (Wildman–Crippen MR) is 87.7 cm³/mol. The van der Waals surface area contributed by atoms with Crippen LogP contribution in [0.15, 0.2) is 22.7 Å². The molecule has 2 unspecified atom stereocenters. The number of hydrogen-bond donors (Lipinski definition) is 1. The number of benzene rings is 1. The summed E-state index contributed by atoms with van der Waals surface area (Å²) in [6, 6.07) is 7.13. The van der Waals surface area contributed by atoms with E-state index in [2.05, 4.69) is 33.0 Å². The zero-order chi connectivity index (χ0) is 13.4. The van der Waals surface area contributed by atoms with Crippen molar-refractivity contribution < 1.29 is 0 Å². The van der Waals surface area contributed by atoms with Gasteiger partial charge in [-0.25, -0.2) is 0 Å². The lowest BCUT2D eigenvalue weighted by Crippen LogP contribution is -2.42. The summed E-state index contributed by atoms with van der Waals surface area (Å²) in [6.45, 7) is 1.18. The lowest BCUT2D eigenvalue weighted by Gasteiger charge is -2.39. The van der Waals surface area contributed by atoms with E-state index in [-0.39, 0.29) is 0 Å². The van der Waals surface area contributed by atoms with E-state index >= 15 is 0 Å². The van der Waals surface area contributed by atoms with Gasteiger partial charge < -0.3 is 10.6 Å². The van der Waals surface area contributed by atoms with E-state index < -0.39 is 0 Å². The van der Waals surface area contributed by atoms with Crippen LogP contribution in [0.3, 0.4) is 0 Å². The topological polar surface area (TPSA) is 29.3 Å². The van der Waals surface area contributed by atoms with Crippen LogP contribution in [-0.4, -0.2) is 17.6 Å². The first-order valence-electron chi connectivity index (χ1n) is 7.03. The van der Waals surface area contributed by atoms with Crippen LogP contribution in [0.4, 0.5) is 5.69 Å². The molecule has 2 fully saturated rings. The van der Waals surface area contributed by atoms with Crippen LogP contribution in [0.1, 0.15) is 37.7 Å². The van der Waals surface area contributed by atoms with E-state index in [1.165, 1.54) is 44.3 Å². The average Bonchev–Trinajstić information content (AvgIpc) is 2.86. The van der Waals surface area contributed by atoms with Gasteiger partial charge in [-0.3, -0.25) is 0 Å². The molecule has 1 heterocycles. The Bertz CT molecular complexity index is 503. The van der Waals surface area contributed by atoms with Crippen LogP contribution in [0.25, 0.3) is 0 Å². The molecule has 2 N–H and O–H groups in total. The molecule has 1 aliphatic carbocycles. The van der Waals surface area contributed by atoms with Crippen molar-refractivity contribution in [3.63, 3.8) is 0 Å². The lowest BCUT2D eigenvalue weighted by molar-refractivity contribution is 0.362. The first-order valence-corrected chi connectivity index (χ1v) is 8.23. The third kappa shape index (κ3) is 2.52. The Morgan fingerprint density at radius 1 is 1.26 bits per heavy atom. The summed E-state index contributed by atoms with van der Waals surface area (Å²) in [5, 5.41) is 0. The highest BCUT2D eigenvalue weighted by atomic mass is 79.9. The molecule has 0 amide bonds. The molecule has 2 nitrogen and oxygen atoms in total. The molecule has 0 radical (unpaired) electrons. The van der Waals surface area contributed by atoms with Crippen molar-refractivity contribution in [3.8, 4) is 0 Å². The monoisotopic (exact) mass is 338 g/mol. The number of thiocarbonyl (C=S) groups is 1. The number of fused-ring (bicyclic) bond motifs is 1. The van der Waals surface area contributed by atoms with Gasteiger partial charge in [0.15, 0.2) is 0 Å². The average molecular weight is 339 g/mol. The molecular formula is C15H19BrN2S. The Kier molecular flexibility index (Phi) is 3.81. The predicted octanol–water partition coefficient (Wildman–Crippen LogP) is 3.85. The van der Waals surface area contributed by atoms with E-state index in [9.17, 15) is 0 Å². The Labute approximate surface area is 128 Å². The molecule has 1 aromatic rings. The summed E-state index contributed by atoms with van der Waals surface area (Å²) in [6.07, 6.45) is 6.87. The number of piperidine rings is 1. The third-order valence-corrected chi connectivity index (χ3v) is 5.42. The van der Waals surface area contributed by atoms with Crippen molar-refractivity contribution in [2.75, 3.05) is 11.4 Å². The van der Waals surface area contributed by atoms with Crippen LogP contribution >= 0.6 is 28.1 Å². The summed E-state index contributed by atoms with van der Waals surface area (Å²) in [5.74, 6) is 0.905. The van der Waals surface area contributed by atoms with Crippen molar-refractivity contribution in [3.05, 3.63) is 28.2 Å². The summed E-state index contributed by atoms with van der Waals surface area (Å²) >= 11 is 8.65. The Hall–Kier alpha value is -0.610. The fourth-order valence-electron chi connectivity index (χ4n) is 3.66. The van der Waals surface area contributed by atoms with Gasteiger partial charge in [0.2, 0.25) is 0 Å². The second-order valence-corrected chi connectivity index (χ2v) is 6.92. The van der Waals surface area contributed by atoms with Crippen molar-refractivity contribution >= 4 is 38.8 Å². The second-order valence-electron chi connectivity index (χ2n) is 5.62. The number of anilines is 1. The van der Waals surface area contributed by atoms with Gasteiger partial charge in [-0.05, 0) is 65.7 Å². The van der Waals surface area contributed by atoms with Crippen LogP contribution in [0, 0.1) is 5.92 Å². The van der Waals surface area contributed by atoms with Gasteiger partial charge in [0.05, 0.1) is 0 Å². The molecule has 1 aromatic carbocycles. The fraction of sp³-hybridized carbons (Fsp3) is 0.533. The normalized spacial score (nSPS) is 26.3. The van der Waals surface area contributed by atoms with Crippen molar-refractivity contribution in [1.29, 1.82) is 0 Å². The first kappa shape index (κ1) is 13.4. The number of halogens is 1. The zero-order valence-electron chi connectivity index (χ0n) is 10.9. The maximum Gasteiger partial charge on any atom is 0.105 e. The molecule has 0 aromatic heterocycles. The largest absolute Gasteiger partial charge is 0.389 e. The Balaban J connectivity index is 1.89. The summed E-state index contributed by atoms with van der Waals surface area (Å²) < 4.78 is 1.01. The highest BCUT2D eigenvalue weighted by molar-refractivity contribution is 9.10. The van der Waals surface area contributed by atoms with Gasteiger partial charge in [-0.1, -0.05) is 18.6 Å².